The average Bonchev–Trinajstić information content (AvgIpc) is 2.61. The molecule has 0 aliphatic carbocycles. The average molecular weight is 356 g/mol. The van der Waals surface area contributed by atoms with Crippen molar-refractivity contribution in [2.24, 2.45) is 5.73 Å². The second-order valence-corrected chi connectivity index (χ2v) is 7.36. The Hall–Kier alpha value is -2.05. The summed E-state index contributed by atoms with van der Waals surface area (Å²) >= 11 is 1.80. The number of rotatable bonds is 5. The van der Waals surface area contributed by atoms with Gasteiger partial charge in [0.2, 0.25) is 0 Å². The van der Waals surface area contributed by atoms with Crippen LogP contribution < -0.4 is 5.73 Å². The Morgan fingerprint density at radius 1 is 1.20 bits per heavy atom. The molecule has 2 heterocycles. The quantitative estimate of drug-likeness (QED) is 0.490. The van der Waals surface area contributed by atoms with Gasteiger partial charge in [-0.05, 0) is 24.1 Å². The fourth-order valence-corrected chi connectivity index (χ4v) is 3.95. The highest BCUT2D eigenvalue weighted by atomic mass is 32.2. The largest absolute Gasteiger partial charge is 0.370 e. The van der Waals surface area contributed by atoms with Crippen LogP contribution >= 0.6 is 11.8 Å². The Bertz CT molecular complexity index is 725. The van der Waals surface area contributed by atoms with Crippen LogP contribution in [0.4, 0.5) is 0 Å². The van der Waals surface area contributed by atoms with E-state index in [1.54, 1.807) is 11.8 Å². The molecule has 0 bridgehead atoms. The molecule has 0 saturated carbocycles. The molecular formula is C19H25N5S. The highest BCUT2D eigenvalue weighted by molar-refractivity contribution is 7.98. The second-order valence-electron chi connectivity index (χ2n) is 6.39. The van der Waals surface area contributed by atoms with Crippen molar-refractivity contribution in [1.82, 2.24) is 14.8 Å². The van der Waals surface area contributed by atoms with Gasteiger partial charge in [-0.2, -0.15) is 0 Å². The van der Waals surface area contributed by atoms with Crippen LogP contribution in [0.3, 0.4) is 0 Å². The molecule has 5 nitrogen and oxygen atoms in total. The van der Waals surface area contributed by atoms with Crippen molar-refractivity contribution in [2.75, 3.05) is 26.2 Å². The van der Waals surface area contributed by atoms with Gasteiger partial charge in [-0.1, -0.05) is 35.9 Å². The fourth-order valence-electron chi connectivity index (χ4n) is 3.02. The number of hydrogen-bond acceptors (Lipinski definition) is 4. The lowest BCUT2D eigenvalue weighted by molar-refractivity contribution is 0.172. The summed E-state index contributed by atoms with van der Waals surface area (Å²) in [4.78, 5) is 8.93. The number of pyridine rings is 1. The topological polar surface area (TPSA) is 69.2 Å². The molecule has 1 aromatic heterocycles. The summed E-state index contributed by atoms with van der Waals surface area (Å²) in [6, 6.07) is 12.8. The zero-order valence-corrected chi connectivity index (χ0v) is 15.4. The highest BCUT2D eigenvalue weighted by Gasteiger charge is 2.18. The molecule has 3 N–H and O–H groups in total. The minimum Gasteiger partial charge on any atom is -0.370 e. The molecule has 1 fully saturated rings. The van der Waals surface area contributed by atoms with Gasteiger partial charge < -0.3 is 10.6 Å². The lowest BCUT2D eigenvalue weighted by Crippen LogP contribution is -2.50. The lowest BCUT2D eigenvalue weighted by atomic mass is 10.2. The number of guanidine groups is 1. The van der Waals surface area contributed by atoms with E-state index >= 15 is 0 Å². The van der Waals surface area contributed by atoms with Gasteiger partial charge in [-0.3, -0.25) is 10.3 Å². The summed E-state index contributed by atoms with van der Waals surface area (Å²) in [7, 11) is 0. The van der Waals surface area contributed by atoms with E-state index < -0.39 is 0 Å². The first-order valence-electron chi connectivity index (χ1n) is 8.55. The number of aromatic nitrogens is 1. The molecule has 0 spiro atoms. The molecule has 25 heavy (non-hydrogen) atoms. The van der Waals surface area contributed by atoms with Crippen molar-refractivity contribution in [3.05, 3.63) is 59.3 Å². The molecule has 1 aliphatic rings. The molecule has 6 heteroatoms. The first-order valence-corrected chi connectivity index (χ1v) is 9.54. The second kappa shape index (κ2) is 8.36. The van der Waals surface area contributed by atoms with Crippen molar-refractivity contribution in [3.8, 4) is 0 Å². The summed E-state index contributed by atoms with van der Waals surface area (Å²) < 4.78 is 0. The van der Waals surface area contributed by atoms with Gasteiger partial charge in [-0.25, -0.2) is 4.98 Å². The molecule has 132 valence electrons. The van der Waals surface area contributed by atoms with Gasteiger partial charge in [0.25, 0.3) is 0 Å². The number of nitrogens with one attached hydrogen (secondary N) is 1. The Kier molecular flexibility index (Phi) is 5.94. The maximum Gasteiger partial charge on any atom is 0.188 e. The van der Waals surface area contributed by atoms with E-state index in [0.29, 0.717) is 0 Å². The first-order chi connectivity index (χ1) is 12.1. The Morgan fingerprint density at radius 2 is 2.00 bits per heavy atom. The fraction of sp³-hybridized carbons (Fsp3) is 0.368. The monoisotopic (exact) mass is 355 g/mol. The van der Waals surface area contributed by atoms with Crippen LogP contribution in [0.5, 0.6) is 0 Å². The van der Waals surface area contributed by atoms with Crippen molar-refractivity contribution in [1.29, 1.82) is 5.41 Å². The minimum absolute atomic E-state index is 0.176. The zero-order valence-electron chi connectivity index (χ0n) is 14.6. The third-order valence-corrected chi connectivity index (χ3v) is 5.53. The number of nitrogens with two attached hydrogens (primary N) is 1. The standard InChI is InChI=1S/C19H25N5S/c1-15-4-2-5-16(12-15)14-25-18-17(6-3-7-22-18)13-23-8-10-24(11-9-23)19(20)21/h2-7,12H,8-11,13-14H2,1H3,(H3,20,21). The summed E-state index contributed by atoms with van der Waals surface area (Å²) in [6.45, 7) is 6.52. The van der Waals surface area contributed by atoms with E-state index in [2.05, 4.69) is 47.1 Å². The van der Waals surface area contributed by atoms with Gasteiger partial charge in [0, 0.05) is 44.7 Å². The van der Waals surface area contributed by atoms with Crippen molar-refractivity contribution in [3.63, 3.8) is 0 Å². The molecule has 0 atom stereocenters. The summed E-state index contributed by atoms with van der Waals surface area (Å²) in [6.07, 6.45) is 1.87. The number of hydrogen-bond donors (Lipinski definition) is 2. The summed E-state index contributed by atoms with van der Waals surface area (Å²) in [5.74, 6) is 1.11. The van der Waals surface area contributed by atoms with E-state index in [-0.39, 0.29) is 5.96 Å². The minimum atomic E-state index is 0.176. The molecule has 0 amide bonds. The van der Waals surface area contributed by atoms with E-state index in [4.69, 9.17) is 11.1 Å². The SMILES string of the molecule is Cc1cccc(CSc2ncccc2CN2CCN(C(=N)N)CC2)c1. The van der Waals surface area contributed by atoms with Crippen LogP contribution in [0.25, 0.3) is 0 Å². The Morgan fingerprint density at radius 3 is 2.72 bits per heavy atom. The van der Waals surface area contributed by atoms with Crippen LogP contribution in [0.1, 0.15) is 16.7 Å². The molecule has 3 rings (SSSR count). The molecule has 1 aliphatic heterocycles. The number of benzene rings is 1. The number of piperazine rings is 1. The Balaban J connectivity index is 1.60. The molecule has 2 aromatic rings. The molecule has 0 unspecified atom stereocenters. The number of thioether (sulfide) groups is 1. The predicted molar refractivity (Wildman–Crippen MR) is 104 cm³/mol. The zero-order chi connectivity index (χ0) is 17.6. The van der Waals surface area contributed by atoms with E-state index in [1.807, 2.05) is 17.2 Å². The third kappa shape index (κ3) is 4.96. The van der Waals surface area contributed by atoms with Gasteiger partial charge in [0.15, 0.2) is 5.96 Å². The van der Waals surface area contributed by atoms with E-state index in [0.717, 1.165) is 43.5 Å². The van der Waals surface area contributed by atoms with Crippen molar-refractivity contribution >= 4 is 17.7 Å². The molecule has 1 aromatic carbocycles. The van der Waals surface area contributed by atoms with Crippen LogP contribution in [0.2, 0.25) is 0 Å². The maximum atomic E-state index is 7.53. The highest BCUT2D eigenvalue weighted by Crippen LogP contribution is 2.25. The predicted octanol–water partition coefficient (Wildman–Crippen LogP) is 2.69. The summed E-state index contributed by atoms with van der Waals surface area (Å²) in [5, 5.41) is 8.64. The van der Waals surface area contributed by atoms with Crippen LogP contribution in [-0.2, 0) is 12.3 Å². The first kappa shape index (κ1) is 17.8. The number of aryl methyl sites for hydroxylation is 1. The van der Waals surface area contributed by atoms with Crippen molar-refractivity contribution in [2.45, 2.75) is 24.2 Å². The van der Waals surface area contributed by atoms with E-state index in [1.165, 1.54) is 16.7 Å². The summed E-state index contributed by atoms with van der Waals surface area (Å²) in [5.41, 5.74) is 9.47. The van der Waals surface area contributed by atoms with Gasteiger partial charge in [0.05, 0.1) is 0 Å². The third-order valence-electron chi connectivity index (χ3n) is 4.41. The Labute approximate surface area is 153 Å². The smallest absolute Gasteiger partial charge is 0.188 e. The molecular weight excluding hydrogens is 330 g/mol. The van der Waals surface area contributed by atoms with Gasteiger partial charge >= 0.3 is 0 Å². The van der Waals surface area contributed by atoms with Crippen LogP contribution in [0, 0.1) is 12.3 Å². The number of nitrogens with zero attached hydrogens (tertiary/aromatic N) is 3. The van der Waals surface area contributed by atoms with Gasteiger partial charge in [-0.15, -0.1) is 11.8 Å². The normalized spacial score (nSPS) is 15.3. The lowest BCUT2D eigenvalue weighted by Gasteiger charge is -2.35. The van der Waals surface area contributed by atoms with Crippen molar-refractivity contribution < 1.29 is 0 Å². The van der Waals surface area contributed by atoms with Gasteiger partial charge in [0.1, 0.15) is 5.03 Å². The molecule has 0 radical (unpaired) electrons. The molecule has 1 saturated heterocycles. The van der Waals surface area contributed by atoms with Crippen LogP contribution in [0.15, 0.2) is 47.6 Å². The van der Waals surface area contributed by atoms with Crippen LogP contribution in [-0.4, -0.2) is 46.9 Å². The maximum absolute atomic E-state index is 7.53. The van der Waals surface area contributed by atoms with E-state index in [9.17, 15) is 0 Å².